The minimum Gasteiger partial charge on any atom is -0.396 e. The van der Waals surface area contributed by atoms with E-state index in [9.17, 15) is 18.4 Å². The molecule has 3 rings (SSSR count). The number of carbonyl (C=O) groups is 2. The monoisotopic (exact) mass is 389 g/mol. The van der Waals surface area contributed by atoms with Crippen LogP contribution < -0.4 is 4.90 Å². The summed E-state index contributed by atoms with van der Waals surface area (Å²) in [5, 5.41) is 9.12. The fourth-order valence-electron chi connectivity index (χ4n) is 2.82. The summed E-state index contributed by atoms with van der Waals surface area (Å²) in [5.41, 5.74) is 2.37. The molecule has 0 radical (unpaired) electrons. The number of amides is 2. The molecule has 0 bridgehead atoms. The minimum absolute atomic E-state index is 0.140. The Morgan fingerprint density at radius 2 is 1.74 bits per heavy atom. The van der Waals surface area contributed by atoms with Crippen LogP contribution in [0.4, 0.5) is 14.5 Å². The number of hydrogen-bond acceptors (Lipinski definition) is 4. The van der Waals surface area contributed by atoms with E-state index >= 15 is 0 Å². The molecule has 0 unspecified atom stereocenters. The third-order valence-corrected chi connectivity index (χ3v) is 5.38. The van der Waals surface area contributed by atoms with Crippen molar-refractivity contribution in [3.05, 3.63) is 69.6 Å². The predicted molar refractivity (Wildman–Crippen MR) is 101 cm³/mol. The maximum absolute atomic E-state index is 14.2. The molecule has 27 heavy (non-hydrogen) atoms. The average molecular weight is 389 g/mol. The topological polar surface area (TPSA) is 57.6 Å². The minimum atomic E-state index is -0.996. The number of nitrogens with zero attached hydrogens (tertiary/aromatic N) is 1. The quantitative estimate of drug-likeness (QED) is 0.794. The van der Waals surface area contributed by atoms with Crippen molar-refractivity contribution in [1.29, 1.82) is 0 Å². The lowest BCUT2D eigenvalue weighted by atomic mass is 10.0. The fraction of sp³-hybridized carbons (Fsp3) is 0.200. The molecule has 0 atom stereocenters. The van der Waals surface area contributed by atoms with Crippen LogP contribution in [0, 0.1) is 25.5 Å². The van der Waals surface area contributed by atoms with E-state index < -0.39 is 23.4 Å². The zero-order chi connectivity index (χ0) is 19.7. The highest BCUT2D eigenvalue weighted by molar-refractivity contribution is 8.04. The molecule has 2 amide bonds. The van der Waals surface area contributed by atoms with Crippen LogP contribution in [0.5, 0.6) is 0 Å². The number of benzene rings is 2. The molecule has 1 aliphatic heterocycles. The van der Waals surface area contributed by atoms with Crippen molar-refractivity contribution in [3.8, 4) is 0 Å². The summed E-state index contributed by atoms with van der Waals surface area (Å²) >= 11 is 1.04. The van der Waals surface area contributed by atoms with Gasteiger partial charge in [-0.1, -0.05) is 18.2 Å². The van der Waals surface area contributed by atoms with Crippen LogP contribution in [0.25, 0.3) is 5.57 Å². The number of imide groups is 1. The lowest BCUT2D eigenvalue weighted by molar-refractivity contribution is -0.119. The molecular weight excluding hydrogens is 372 g/mol. The number of anilines is 1. The molecule has 7 heteroatoms. The van der Waals surface area contributed by atoms with Gasteiger partial charge in [-0.25, -0.2) is 13.7 Å². The van der Waals surface area contributed by atoms with Gasteiger partial charge in [0.15, 0.2) is 0 Å². The molecule has 0 spiro atoms. The van der Waals surface area contributed by atoms with Crippen molar-refractivity contribution >= 4 is 34.8 Å². The van der Waals surface area contributed by atoms with Crippen molar-refractivity contribution in [2.45, 2.75) is 13.8 Å². The van der Waals surface area contributed by atoms with Gasteiger partial charge in [0.05, 0.1) is 22.8 Å². The number of carbonyl (C=O) groups excluding carboxylic acids is 2. The molecule has 0 saturated carbocycles. The van der Waals surface area contributed by atoms with Crippen LogP contribution in [-0.4, -0.2) is 29.3 Å². The van der Waals surface area contributed by atoms with Crippen molar-refractivity contribution in [2.75, 3.05) is 17.3 Å². The maximum atomic E-state index is 14.2. The molecule has 1 N–H and O–H groups in total. The van der Waals surface area contributed by atoms with Gasteiger partial charge in [0.25, 0.3) is 11.8 Å². The van der Waals surface area contributed by atoms with Crippen molar-refractivity contribution in [3.63, 3.8) is 0 Å². The highest BCUT2D eigenvalue weighted by Gasteiger charge is 2.41. The Bertz CT molecular complexity index is 972. The number of rotatable bonds is 5. The summed E-state index contributed by atoms with van der Waals surface area (Å²) in [6.45, 7) is 3.63. The molecule has 4 nitrogen and oxygen atoms in total. The molecule has 0 fully saturated rings. The van der Waals surface area contributed by atoms with Gasteiger partial charge in [0.2, 0.25) is 0 Å². The maximum Gasteiger partial charge on any atom is 0.272 e. The Morgan fingerprint density at radius 3 is 2.37 bits per heavy atom. The second-order valence-electron chi connectivity index (χ2n) is 6.12. The molecule has 0 aliphatic carbocycles. The van der Waals surface area contributed by atoms with Gasteiger partial charge in [-0.3, -0.25) is 9.59 Å². The molecular formula is C20H17F2NO3S. The Kier molecular flexibility index (Phi) is 5.43. The second kappa shape index (κ2) is 7.62. The Morgan fingerprint density at radius 1 is 1.00 bits per heavy atom. The zero-order valence-electron chi connectivity index (χ0n) is 14.8. The van der Waals surface area contributed by atoms with E-state index in [1.165, 1.54) is 0 Å². The van der Waals surface area contributed by atoms with Crippen LogP contribution in [0.3, 0.4) is 0 Å². The van der Waals surface area contributed by atoms with Crippen LogP contribution in [0.15, 0.2) is 41.3 Å². The first-order chi connectivity index (χ1) is 12.8. The summed E-state index contributed by atoms with van der Waals surface area (Å²) in [5.74, 6) is -2.94. The van der Waals surface area contributed by atoms with Gasteiger partial charge in [0.1, 0.15) is 11.6 Å². The summed E-state index contributed by atoms with van der Waals surface area (Å²) in [6, 6.07) is 8.05. The smallest absolute Gasteiger partial charge is 0.272 e. The summed E-state index contributed by atoms with van der Waals surface area (Å²) in [4.78, 5) is 26.8. The Hall–Kier alpha value is -2.51. The first-order valence-corrected chi connectivity index (χ1v) is 9.23. The number of hydrogen-bond donors (Lipinski definition) is 1. The van der Waals surface area contributed by atoms with E-state index in [0.29, 0.717) is 11.6 Å². The van der Waals surface area contributed by atoms with Gasteiger partial charge < -0.3 is 5.11 Å². The number of aryl methyl sites for hydroxylation is 2. The van der Waals surface area contributed by atoms with E-state index in [1.54, 1.807) is 12.1 Å². The number of aliphatic hydroxyl groups excluding tert-OH is 1. The van der Waals surface area contributed by atoms with Gasteiger partial charge in [-0.05, 0) is 42.7 Å². The average Bonchev–Trinajstić information content (AvgIpc) is 2.86. The van der Waals surface area contributed by atoms with Crippen LogP contribution in [-0.2, 0) is 9.59 Å². The first kappa shape index (κ1) is 19.3. The standard InChI is InChI=1S/C20H17F2NO3S/c1-11-3-4-13(9-12(11)2)17-18(27-8-7-24)20(26)23(19(17)25)16-6-5-14(21)10-15(16)22/h3-6,9-10,24H,7-8H2,1-2H3. The van der Waals surface area contributed by atoms with E-state index in [1.807, 2.05) is 19.9 Å². The summed E-state index contributed by atoms with van der Waals surface area (Å²) in [6.07, 6.45) is 0. The van der Waals surface area contributed by atoms with Gasteiger partial charge in [-0.15, -0.1) is 11.8 Å². The third-order valence-electron chi connectivity index (χ3n) is 4.33. The van der Waals surface area contributed by atoms with Crippen LogP contribution in [0.2, 0.25) is 0 Å². The van der Waals surface area contributed by atoms with Crippen molar-refractivity contribution < 1.29 is 23.5 Å². The van der Waals surface area contributed by atoms with E-state index in [0.717, 1.165) is 39.9 Å². The number of thioether (sulfide) groups is 1. The Balaban J connectivity index is 2.12. The number of aliphatic hydroxyl groups is 1. The second-order valence-corrected chi connectivity index (χ2v) is 7.22. The Labute approximate surface area is 159 Å². The fourth-order valence-corrected chi connectivity index (χ4v) is 3.68. The molecule has 0 aromatic heterocycles. The van der Waals surface area contributed by atoms with Crippen LogP contribution >= 0.6 is 11.8 Å². The third kappa shape index (κ3) is 3.52. The first-order valence-electron chi connectivity index (χ1n) is 8.24. The van der Waals surface area contributed by atoms with Gasteiger partial charge in [0, 0.05) is 11.8 Å². The molecule has 1 aliphatic rings. The van der Waals surface area contributed by atoms with E-state index in [2.05, 4.69) is 0 Å². The highest BCUT2D eigenvalue weighted by atomic mass is 32.2. The van der Waals surface area contributed by atoms with Crippen molar-refractivity contribution in [1.82, 2.24) is 0 Å². The van der Waals surface area contributed by atoms with Gasteiger partial charge >= 0.3 is 0 Å². The molecule has 140 valence electrons. The SMILES string of the molecule is Cc1ccc(C2=C(SCCO)C(=O)N(c3ccc(F)cc3F)C2=O)cc1C. The highest BCUT2D eigenvalue weighted by Crippen LogP contribution is 2.39. The lowest BCUT2D eigenvalue weighted by Crippen LogP contribution is -2.32. The lowest BCUT2D eigenvalue weighted by Gasteiger charge is -2.16. The zero-order valence-corrected chi connectivity index (χ0v) is 15.6. The summed E-state index contributed by atoms with van der Waals surface area (Å²) in [7, 11) is 0. The number of halogens is 2. The molecule has 1 heterocycles. The van der Waals surface area contributed by atoms with Gasteiger partial charge in [-0.2, -0.15) is 0 Å². The normalized spacial score (nSPS) is 14.5. The van der Waals surface area contributed by atoms with Crippen molar-refractivity contribution in [2.24, 2.45) is 0 Å². The van der Waals surface area contributed by atoms with E-state index in [-0.39, 0.29) is 28.5 Å². The van der Waals surface area contributed by atoms with E-state index in [4.69, 9.17) is 5.11 Å². The largest absolute Gasteiger partial charge is 0.396 e. The molecule has 2 aromatic carbocycles. The summed E-state index contributed by atoms with van der Waals surface area (Å²) < 4.78 is 27.4. The predicted octanol–water partition coefficient (Wildman–Crippen LogP) is 3.59. The van der Waals surface area contributed by atoms with Crippen LogP contribution in [0.1, 0.15) is 16.7 Å². The molecule has 2 aromatic rings. The molecule has 0 saturated heterocycles.